The van der Waals surface area contributed by atoms with Crippen LogP contribution in [0.25, 0.3) is 0 Å². The van der Waals surface area contributed by atoms with Crippen LogP contribution in [0.4, 0.5) is 4.39 Å². The Morgan fingerprint density at radius 1 is 1.47 bits per heavy atom. The highest BCUT2D eigenvalue weighted by Crippen LogP contribution is 2.17. The van der Waals surface area contributed by atoms with Gasteiger partial charge in [0.25, 0.3) is 5.91 Å². The van der Waals surface area contributed by atoms with Crippen LogP contribution in [0.1, 0.15) is 5.56 Å². The average Bonchev–Trinajstić information content (AvgIpc) is 2.28. The first-order chi connectivity index (χ1) is 8.13. The maximum absolute atomic E-state index is 12.8. The zero-order valence-corrected chi connectivity index (χ0v) is 9.96. The van der Waals surface area contributed by atoms with Crippen LogP contribution in [0.15, 0.2) is 18.2 Å². The summed E-state index contributed by atoms with van der Waals surface area (Å²) < 4.78 is 22.9. The summed E-state index contributed by atoms with van der Waals surface area (Å²) in [5.74, 6) is -0.0431. The van der Waals surface area contributed by atoms with Gasteiger partial charge >= 0.3 is 0 Å². The number of hydrogen-bond acceptors (Lipinski definition) is 3. The highest BCUT2D eigenvalue weighted by atomic mass is 19.1. The molecule has 0 aliphatic heterocycles. The molecule has 1 rings (SSSR count). The summed E-state index contributed by atoms with van der Waals surface area (Å²) in [4.78, 5) is 11.3. The molecule has 5 heteroatoms. The van der Waals surface area contributed by atoms with E-state index in [1.165, 1.54) is 18.2 Å². The molecule has 1 N–H and O–H groups in total. The molecule has 94 valence electrons. The lowest BCUT2D eigenvalue weighted by Gasteiger charge is -2.09. The maximum Gasteiger partial charge on any atom is 0.258 e. The number of methoxy groups -OCH3 is 1. The minimum atomic E-state index is -0.320. The standard InChI is InChI=1S/C12H16FNO3/c1-9-7-10(13)3-4-11(9)17-8-12(15)14-5-6-16-2/h3-4,7H,5-6,8H2,1-2H3,(H,14,15). The lowest BCUT2D eigenvalue weighted by molar-refractivity contribution is -0.123. The second kappa shape index (κ2) is 6.85. The van der Waals surface area contributed by atoms with Gasteiger partial charge in [0.15, 0.2) is 6.61 Å². The van der Waals surface area contributed by atoms with Crippen molar-refractivity contribution in [2.45, 2.75) is 6.92 Å². The minimum absolute atomic E-state index is 0.0871. The SMILES string of the molecule is COCCNC(=O)COc1ccc(F)cc1C. The number of carbonyl (C=O) groups is 1. The fourth-order valence-electron chi connectivity index (χ4n) is 1.26. The van der Waals surface area contributed by atoms with Gasteiger partial charge in [-0.15, -0.1) is 0 Å². The Balaban J connectivity index is 2.37. The van der Waals surface area contributed by atoms with Crippen molar-refractivity contribution in [3.8, 4) is 5.75 Å². The largest absolute Gasteiger partial charge is 0.484 e. The monoisotopic (exact) mass is 241 g/mol. The Morgan fingerprint density at radius 2 is 2.24 bits per heavy atom. The zero-order chi connectivity index (χ0) is 12.7. The second-order valence-electron chi connectivity index (χ2n) is 3.54. The van der Waals surface area contributed by atoms with Gasteiger partial charge in [0, 0.05) is 13.7 Å². The van der Waals surface area contributed by atoms with Crippen molar-refractivity contribution in [1.82, 2.24) is 5.32 Å². The van der Waals surface area contributed by atoms with Crippen LogP contribution >= 0.6 is 0 Å². The predicted octanol–water partition coefficient (Wildman–Crippen LogP) is 1.28. The molecule has 1 amide bonds. The van der Waals surface area contributed by atoms with E-state index >= 15 is 0 Å². The first-order valence-electron chi connectivity index (χ1n) is 5.28. The van der Waals surface area contributed by atoms with Crippen LogP contribution in [0.5, 0.6) is 5.75 Å². The van der Waals surface area contributed by atoms with Crippen LogP contribution in [0.2, 0.25) is 0 Å². The van der Waals surface area contributed by atoms with E-state index < -0.39 is 0 Å². The lowest BCUT2D eigenvalue weighted by Crippen LogP contribution is -2.31. The summed E-state index contributed by atoms with van der Waals surface area (Å²) in [6.07, 6.45) is 0. The first-order valence-corrected chi connectivity index (χ1v) is 5.28. The number of ether oxygens (including phenoxy) is 2. The molecule has 0 spiro atoms. The van der Waals surface area contributed by atoms with Gasteiger partial charge in [-0.25, -0.2) is 4.39 Å². The number of carbonyl (C=O) groups excluding carboxylic acids is 1. The summed E-state index contributed by atoms with van der Waals surface area (Å²) in [5.41, 5.74) is 0.662. The second-order valence-corrected chi connectivity index (χ2v) is 3.54. The number of benzene rings is 1. The highest BCUT2D eigenvalue weighted by Gasteiger charge is 2.04. The summed E-state index contributed by atoms with van der Waals surface area (Å²) in [5, 5.41) is 2.62. The summed E-state index contributed by atoms with van der Waals surface area (Å²) in [6, 6.07) is 4.16. The molecule has 4 nitrogen and oxygen atoms in total. The number of rotatable bonds is 6. The lowest BCUT2D eigenvalue weighted by atomic mass is 10.2. The molecular weight excluding hydrogens is 225 g/mol. The van der Waals surface area contributed by atoms with Crippen LogP contribution in [0, 0.1) is 12.7 Å². The number of hydrogen-bond donors (Lipinski definition) is 1. The van der Waals surface area contributed by atoms with Crippen LogP contribution < -0.4 is 10.1 Å². The molecule has 0 atom stereocenters. The van der Waals surface area contributed by atoms with Crippen molar-refractivity contribution < 1.29 is 18.7 Å². The van der Waals surface area contributed by atoms with Gasteiger partial charge in [0.05, 0.1) is 6.61 Å². The molecule has 1 aromatic carbocycles. The van der Waals surface area contributed by atoms with Gasteiger partial charge in [0.1, 0.15) is 11.6 Å². The number of amides is 1. The van der Waals surface area contributed by atoms with Crippen molar-refractivity contribution in [3.05, 3.63) is 29.6 Å². The molecule has 0 unspecified atom stereocenters. The van der Waals surface area contributed by atoms with Gasteiger partial charge in [0.2, 0.25) is 0 Å². The van der Waals surface area contributed by atoms with E-state index in [9.17, 15) is 9.18 Å². The predicted molar refractivity (Wildman–Crippen MR) is 61.5 cm³/mol. The van der Waals surface area contributed by atoms with E-state index in [1.54, 1.807) is 14.0 Å². The molecule has 0 heterocycles. The Morgan fingerprint density at radius 3 is 2.88 bits per heavy atom. The van der Waals surface area contributed by atoms with E-state index in [2.05, 4.69) is 5.32 Å². The molecule has 0 saturated heterocycles. The first kappa shape index (κ1) is 13.4. The Bertz CT molecular complexity index is 382. The van der Waals surface area contributed by atoms with Crippen molar-refractivity contribution in [2.24, 2.45) is 0 Å². The molecule has 0 bridgehead atoms. The summed E-state index contributed by atoms with van der Waals surface area (Å²) in [7, 11) is 1.56. The fraction of sp³-hybridized carbons (Fsp3) is 0.417. The third-order valence-corrected chi connectivity index (χ3v) is 2.12. The third-order valence-electron chi connectivity index (χ3n) is 2.12. The smallest absolute Gasteiger partial charge is 0.258 e. The van der Waals surface area contributed by atoms with Gasteiger partial charge in [-0.2, -0.15) is 0 Å². The molecule has 1 aromatic rings. The van der Waals surface area contributed by atoms with Crippen molar-refractivity contribution in [1.29, 1.82) is 0 Å². The summed E-state index contributed by atoms with van der Waals surface area (Å²) >= 11 is 0. The molecular formula is C12H16FNO3. The number of aryl methyl sites for hydroxylation is 1. The molecule has 0 radical (unpaired) electrons. The minimum Gasteiger partial charge on any atom is -0.484 e. The zero-order valence-electron chi connectivity index (χ0n) is 9.96. The Kier molecular flexibility index (Phi) is 5.42. The highest BCUT2D eigenvalue weighted by molar-refractivity contribution is 5.77. The van der Waals surface area contributed by atoms with Crippen LogP contribution in [0.3, 0.4) is 0 Å². The molecule has 0 aliphatic carbocycles. The number of halogens is 1. The van der Waals surface area contributed by atoms with Crippen molar-refractivity contribution in [2.75, 3.05) is 26.9 Å². The Hall–Kier alpha value is -1.62. The van der Waals surface area contributed by atoms with E-state index in [-0.39, 0.29) is 18.3 Å². The average molecular weight is 241 g/mol. The van der Waals surface area contributed by atoms with Gasteiger partial charge in [-0.1, -0.05) is 0 Å². The fourth-order valence-corrected chi connectivity index (χ4v) is 1.26. The van der Waals surface area contributed by atoms with Gasteiger partial charge in [-0.3, -0.25) is 4.79 Å². The quantitative estimate of drug-likeness (QED) is 0.763. The van der Waals surface area contributed by atoms with E-state index in [0.717, 1.165) is 0 Å². The third kappa shape index (κ3) is 4.82. The maximum atomic E-state index is 12.8. The van der Waals surface area contributed by atoms with Crippen molar-refractivity contribution >= 4 is 5.91 Å². The normalized spacial score (nSPS) is 10.1. The molecule has 0 aliphatic rings. The molecule has 0 saturated carbocycles. The Labute approximate surface area is 99.7 Å². The summed E-state index contributed by atoms with van der Waals surface area (Å²) in [6.45, 7) is 2.54. The van der Waals surface area contributed by atoms with Gasteiger partial charge in [-0.05, 0) is 30.7 Å². The molecule has 0 aromatic heterocycles. The van der Waals surface area contributed by atoms with Crippen LogP contribution in [-0.4, -0.2) is 32.8 Å². The number of nitrogens with one attached hydrogen (secondary N) is 1. The van der Waals surface area contributed by atoms with Crippen molar-refractivity contribution in [3.63, 3.8) is 0 Å². The molecule has 0 fully saturated rings. The molecule has 17 heavy (non-hydrogen) atoms. The van der Waals surface area contributed by atoms with E-state index in [4.69, 9.17) is 9.47 Å². The topological polar surface area (TPSA) is 47.6 Å². The van der Waals surface area contributed by atoms with Crippen LogP contribution in [-0.2, 0) is 9.53 Å². The van der Waals surface area contributed by atoms with E-state index in [0.29, 0.717) is 24.5 Å². The van der Waals surface area contributed by atoms with Gasteiger partial charge < -0.3 is 14.8 Å². The van der Waals surface area contributed by atoms with E-state index in [1.807, 2.05) is 0 Å².